The Labute approximate surface area is 74.6 Å². The molecule has 2 heteroatoms. The summed E-state index contributed by atoms with van der Waals surface area (Å²) >= 11 is 0. The minimum absolute atomic E-state index is 0.512. The number of aromatic nitrogens is 1. The van der Waals surface area contributed by atoms with E-state index in [1.807, 2.05) is 7.05 Å². The van der Waals surface area contributed by atoms with Crippen LogP contribution in [-0.4, -0.2) is 11.6 Å². The highest BCUT2D eigenvalue weighted by atomic mass is 14.9. The van der Waals surface area contributed by atoms with Crippen LogP contribution >= 0.6 is 0 Å². The van der Waals surface area contributed by atoms with Gasteiger partial charge >= 0.3 is 0 Å². The van der Waals surface area contributed by atoms with Crippen molar-refractivity contribution in [1.29, 1.82) is 0 Å². The number of rotatable bonds is 4. The summed E-state index contributed by atoms with van der Waals surface area (Å²) in [5.74, 6) is 0. The van der Waals surface area contributed by atoms with Crippen molar-refractivity contribution in [2.24, 2.45) is 0 Å². The van der Waals surface area contributed by atoms with Crippen LogP contribution in [0.2, 0.25) is 0 Å². The maximum Gasteiger partial charge on any atom is 0.0329 e. The molecule has 2 nitrogen and oxygen atoms in total. The fourth-order valence-electron chi connectivity index (χ4n) is 1.47. The standard InChI is InChI=1S/C10H18N2/c1-4-10(11-3)9-6-7-12(5-2)8-9/h6-8,10-11H,4-5H2,1-3H3. The van der Waals surface area contributed by atoms with Crippen LogP contribution in [0.4, 0.5) is 0 Å². The van der Waals surface area contributed by atoms with Crippen molar-refractivity contribution in [3.05, 3.63) is 24.0 Å². The van der Waals surface area contributed by atoms with Crippen molar-refractivity contribution < 1.29 is 0 Å². The Kier molecular flexibility index (Phi) is 3.35. The van der Waals surface area contributed by atoms with Gasteiger partial charge in [0.1, 0.15) is 0 Å². The third-order valence-electron chi connectivity index (χ3n) is 2.30. The molecule has 0 saturated heterocycles. The Morgan fingerprint density at radius 3 is 2.67 bits per heavy atom. The summed E-state index contributed by atoms with van der Waals surface area (Å²) in [5, 5.41) is 3.29. The van der Waals surface area contributed by atoms with Crippen molar-refractivity contribution >= 4 is 0 Å². The van der Waals surface area contributed by atoms with E-state index in [4.69, 9.17) is 0 Å². The molecule has 1 rings (SSSR count). The van der Waals surface area contributed by atoms with Gasteiger partial charge in [-0.1, -0.05) is 6.92 Å². The van der Waals surface area contributed by atoms with Crippen LogP contribution in [0.25, 0.3) is 0 Å². The van der Waals surface area contributed by atoms with E-state index in [9.17, 15) is 0 Å². The van der Waals surface area contributed by atoms with Gasteiger partial charge in [-0.3, -0.25) is 0 Å². The molecule has 1 unspecified atom stereocenters. The summed E-state index contributed by atoms with van der Waals surface area (Å²) in [7, 11) is 2.01. The Balaban J connectivity index is 2.72. The average molecular weight is 166 g/mol. The molecule has 68 valence electrons. The van der Waals surface area contributed by atoms with Crippen molar-refractivity contribution in [2.45, 2.75) is 32.9 Å². The summed E-state index contributed by atoms with van der Waals surface area (Å²) in [4.78, 5) is 0. The van der Waals surface area contributed by atoms with Crippen LogP contribution in [0.5, 0.6) is 0 Å². The third-order valence-corrected chi connectivity index (χ3v) is 2.30. The molecule has 1 aromatic heterocycles. The van der Waals surface area contributed by atoms with Crippen LogP contribution in [0, 0.1) is 0 Å². The molecule has 1 aromatic rings. The van der Waals surface area contributed by atoms with Crippen LogP contribution in [0.3, 0.4) is 0 Å². The predicted octanol–water partition coefficient (Wildman–Crippen LogP) is 2.18. The van der Waals surface area contributed by atoms with Crippen molar-refractivity contribution in [1.82, 2.24) is 9.88 Å². The first-order valence-corrected chi connectivity index (χ1v) is 4.64. The van der Waals surface area contributed by atoms with E-state index in [-0.39, 0.29) is 0 Å². The maximum absolute atomic E-state index is 3.29. The molecule has 0 amide bonds. The fourth-order valence-corrected chi connectivity index (χ4v) is 1.47. The number of aryl methyl sites for hydroxylation is 1. The molecule has 0 aromatic carbocycles. The summed E-state index contributed by atoms with van der Waals surface area (Å²) in [6.07, 6.45) is 5.49. The molecule has 0 spiro atoms. The number of nitrogens with one attached hydrogen (secondary N) is 1. The van der Waals surface area contributed by atoms with Crippen LogP contribution < -0.4 is 5.32 Å². The largest absolute Gasteiger partial charge is 0.354 e. The second-order valence-electron chi connectivity index (χ2n) is 3.02. The number of hydrogen-bond donors (Lipinski definition) is 1. The second kappa shape index (κ2) is 4.31. The normalized spacial score (nSPS) is 13.2. The van der Waals surface area contributed by atoms with Crippen molar-refractivity contribution in [2.75, 3.05) is 7.05 Å². The maximum atomic E-state index is 3.29. The van der Waals surface area contributed by atoms with Gasteiger partial charge in [0.25, 0.3) is 0 Å². The van der Waals surface area contributed by atoms with Crippen LogP contribution in [0.15, 0.2) is 18.5 Å². The summed E-state index contributed by atoms with van der Waals surface area (Å²) in [6.45, 7) is 5.41. The lowest BCUT2D eigenvalue weighted by molar-refractivity contribution is 0.575. The molecular formula is C10H18N2. The lowest BCUT2D eigenvalue weighted by atomic mass is 10.1. The van der Waals surface area contributed by atoms with E-state index in [1.54, 1.807) is 0 Å². The van der Waals surface area contributed by atoms with Gasteiger partial charge in [0, 0.05) is 25.0 Å². The first-order valence-electron chi connectivity index (χ1n) is 4.64. The van der Waals surface area contributed by atoms with E-state index in [1.165, 1.54) is 5.56 Å². The summed E-state index contributed by atoms with van der Waals surface area (Å²) in [6, 6.07) is 2.70. The highest BCUT2D eigenvalue weighted by molar-refractivity contribution is 5.14. The summed E-state index contributed by atoms with van der Waals surface area (Å²) in [5.41, 5.74) is 1.39. The molecule has 0 fully saturated rings. The Hall–Kier alpha value is -0.760. The van der Waals surface area contributed by atoms with Gasteiger partial charge in [-0.05, 0) is 32.0 Å². The lowest BCUT2D eigenvalue weighted by Gasteiger charge is -2.11. The molecule has 0 radical (unpaired) electrons. The number of hydrogen-bond acceptors (Lipinski definition) is 1. The zero-order chi connectivity index (χ0) is 8.97. The van der Waals surface area contributed by atoms with Crippen LogP contribution in [-0.2, 0) is 6.54 Å². The minimum atomic E-state index is 0.512. The average Bonchev–Trinajstić information content (AvgIpc) is 2.55. The zero-order valence-corrected chi connectivity index (χ0v) is 8.17. The minimum Gasteiger partial charge on any atom is -0.354 e. The molecule has 0 bridgehead atoms. The summed E-state index contributed by atoms with van der Waals surface area (Å²) < 4.78 is 2.20. The van der Waals surface area contributed by atoms with Gasteiger partial charge in [0.05, 0.1) is 0 Å². The van der Waals surface area contributed by atoms with Gasteiger partial charge < -0.3 is 9.88 Å². The molecule has 1 atom stereocenters. The first kappa shape index (κ1) is 9.33. The Bertz CT molecular complexity index is 223. The molecule has 0 aliphatic carbocycles. The SMILES string of the molecule is CCC(NC)c1ccn(CC)c1. The molecule has 1 heterocycles. The van der Waals surface area contributed by atoms with Gasteiger partial charge in [-0.15, -0.1) is 0 Å². The van der Waals surface area contributed by atoms with Crippen LogP contribution in [0.1, 0.15) is 31.9 Å². The zero-order valence-electron chi connectivity index (χ0n) is 8.17. The lowest BCUT2D eigenvalue weighted by Crippen LogP contribution is -2.14. The monoisotopic (exact) mass is 166 g/mol. The number of nitrogens with zero attached hydrogens (tertiary/aromatic N) is 1. The first-order chi connectivity index (χ1) is 5.81. The molecule has 12 heavy (non-hydrogen) atoms. The molecule has 0 aliphatic rings. The molecule has 0 aliphatic heterocycles. The van der Waals surface area contributed by atoms with E-state index >= 15 is 0 Å². The predicted molar refractivity (Wildman–Crippen MR) is 52.2 cm³/mol. The second-order valence-corrected chi connectivity index (χ2v) is 3.02. The van der Waals surface area contributed by atoms with E-state index in [2.05, 4.69) is 42.2 Å². The van der Waals surface area contributed by atoms with Gasteiger partial charge in [0.2, 0.25) is 0 Å². The quantitative estimate of drug-likeness (QED) is 0.725. The van der Waals surface area contributed by atoms with E-state index < -0.39 is 0 Å². The topological polar surface area (TPSA) is 17.0 Å². The van der Waals surface area contributed by atoms with Crippen molar-refractivity contribution in [3.63, 3.8) is 0 Å². The van der Waals surface area contributed by atoms with E-state index in [0.717, 1.165) is 13.0 Å². The van der Waals surface area contributed by atoms with Gasteiger partial charge in [0.15, 0.2) is 0 Å². The Morgan fingerprint density at radius 2 is 2.25 bits per heavy atom. The molecule has 1 N–H and O–H groups in total. The Morgan fingerprint density at radius 1 is 1.50 bits per heavy atom. The molecule has 0 saturated carbocycles. The third kappa shape index (κ3) is 1.89. The van der Waals surface area contributed by atoms with Crippen molar-refractivity contribution in [3.8, 4) is 0 Å². The highest BCUT2D eigenvalue weighted by Gasteiger charge is 2.06. The smallest absolute Gasteiger partial charge is 0.0329 e. The van der Waals surface area contributed by atoms with Gasteiger partial charge in [-0.25, -0.2) is 0 Å². The van der Waals surface area contributed by atoms with Gasteiger partial charge in [-0.2, -0.15) is 0 Å². The fraction of sp³-hybridized carbons (Fsp3) is 0.600. The molecular weight excluding hydrogens is 148 g/mol. The van der Waals surface area contributed by atoms with E-state index in [0.29, 0.717) is 6.04 Å². The highest BCUT2D eigenvalue weighted by Crippen LogP contribution is 2.15.